The number of aliphatic hydroxyl groups excluding tert-OH is 1. The number of fused-ring (bicyclic) bond motifs is 2. The zero-order chi connectivity index (χ0) is 25.0. The average Bonchev–Trinajstić information content (AvgIpc) is 3.59. The van der Waals surface area contributed by atoms with Crippen molar-refractivity contribution in [2.75, 3.05) is 24.5 Å². The van der Waals surface area contributed by atoms with Crippen molar-refractivity contribution in [2.45, 2.75) is 38.3 Å². The summed E-state index contributed by atoms with van der Waals surface area (Å²) in [5, 5.41) is 25.3. The third-order valence-corrected chi connectivity index (χ3v) is 7.64. The molecule has 0 spiro atoms. The van der Waals surface area contributed by atoms with Crippen LogP contribution in [0.2, 0.25) is 0 Å². The Morgan fingerprint density at radius 1 is 1.22 bits per heavy atom. The predicted octanol–water partition coefficient (Wildman–Crippen LogP) is 3.22. The van der Waals surface area contributed by atoms with E-state index in [-0.39, 0.29) is 11.9 Å². The van der Waals surface area contributed by atoms with E-state index < -0.39 is 12.0 Å². The number of hydrogen-bond donors (Lipinski definition) is 1. The summed E-state index contributed by atoms with van der Waals surface area (Å²) < 4.78 is 3.81. The van der Waals surface area contributed by atoms with E-state index in [1.165, 1.54) is 0 Å². The van der Waals surface area contributed by atoms with Crippen molar-refractivity contribution in [1.29, 1.82) is 5.26 Å². The number of aliphatic hydroxyl groups is 1. The Balaban J connectivity index is 1.34. The van der Waals surface area contributed by atoms with E-state index in [9.17, 15) is 15.2 Å². The quantitative estimate of drug-likeness (QED) is 0.480. The highest BCUT2D eigenvalue weighted by Gasteiger charge is 2.34. The maximum Gasteiger partial charge on any atom is 0.255 e. The van der Waals surface area contributed by atoms with Crippen LogP contribution in [-0.2, 0) is 7.05 Å². The van der Waals surface area contributed by atoms with E-state index in [2.05, 4.69) is 6.07 Å². The Morgan fingerprint density at radius 3 is 2.89 bits per heavy atom. The molecule has 0 unspecified atom stereocenters. The molecule has 6 rings (SSSR count). The first kappa shape index (κ1) is 22.6. The van der Waals surface area contributed by atoms with Crippen molar-refractivity contribution < 1.29 is 9.90 Å². The maximum atomic E-state index is 13.8. The van der Waals surface area contributed by atoms with Gasteiger partial charge in [0.25, 0.3) is 5.91 Å². The molecule has 0 saturated carbocycles. The third-order valence-electron chi connectivity index (χ3n) is 7.64. The topological polar surface area (TPSA) is 103 Å². The summed E-state index contributed by atoms with van der Waals surface area (Å²) in [5.41, 5.74) is 4.22. The van der Waals surface area contributed by atoms with Crippen molar-refractivity contribution in [1.82, 2.24) is 24.1 Å². The molecule has 36 heavy (non-hydrogen) atoms. The van der Waals surface area contributed by atoms with E-state index in [1.807, 2.05) is 71.1 Å². The molecular weight excluding hydrogens is 454 g/mol. The Morgan fingerprint density at radius 2 is 2.08 bits per heavy atom. The molecule has 4 aromatic rings. The highest BCUT2D eigenvalue weighted by molar-refractivity contribution is 6.06. The molecule has 9 nitrogen and oxygen atoms in total. The second kappa shape index (κ2) is 8.64. The number of hydrogen-bond acceptors (Lipinski definition) is 6. The molecule has 2 aliphatic rings. The Kier molecular flexibility index (Phi) is 5.41. The first-order chi connectivity index (χ1) is 17.4. The van der Waals surface area contributed by atoms with Gasteiger partial charge in [0.15, 0.2) is 5.65 Å². The second-order valence-corrected chi connectivity index (χ2v) is 10.0. The van der Waals surface area contributed by atoms with Gasteiger partial charge in [-0.15, -0.1) is 0 Å². The first-order valence-corrected chi connectivity index (χ1v) is 12.5. The minimum Gasteiger partial charge on any atom is -0.390 e. The van der Waals surface area contributed by atoms with Crippen LogP contribution in [0.25, 0.3) is 16.6 Å². The zero-order valence-corrected chi connectivity index (χ0v) is 20.5. The molecule has 9 heteroatoms. The molecule has 3 atom stereocenters. The molecule has 5 heterocycles. The average molecular weight is 484 g/mol. The largest absolute Gasteiger partial charge is 0.390 e. The van der Waals surface area contributed by atoms with Gasteiger partial charge < -0.3 is 19.5 Å². The zero-order valence-electron chi connectivity index (χ0n) is 20.5. The lowest BCUT2D eigenvalue weighted by Crippen LogP contribution is -2.38. The summed E-state index contributed by atoms with van der Waals surface area (Å²) >= 11 is 0. The summed E-state index contributed by atoms with van der Waals surface area (Å²) in [5.74, 6) is 0.379. The number of amides is 1. The van der Waals surface area contributed by atoms with Crippen LogP contribution in [0.1, 0.15) is 46.9 Å². The van der Waals surface area contributed by atoms with Gasteiger partial charge in [0.2, 0.25) is 0 Å². The van der Waals surface area contributed by atoms with Gasteiger partial charge in [-0.2, -0.15) is 10.4 Å². The van der Waals surface area contributed by atoms with Crippen LogP contribution in [0.3, 0.4) is 0 Å². The molecule has 0 radical (unpaired) electrons. The molecule has 0 aliphatic carbocycles. The van der Waals surface area contributed by atoms with Crippen LogP contribution in [0.15, 0.2) is 42.7 Å². The smallest absolute Gasteiger partial charge is 0.255 e. The van der Waals surface area contributed by atoms with Crippen LogP contribution in [-0.4, -0.2) is 60.8 Å². The van der Waals surface area contributed by atoms with E-state index in [1.54, 1.807) is 4.52 Å². The Bertz CT molecular complexity index is 1510. The highest BCUT2D eigenvalue weighted by atomic mass is 16.3. The van der Waals surface area contributed by atoms with Crippen LogP contribution in [0.4, 0.5) is 5.82 Å². The lowest BCUT2D eigenvalue weighted by atomic mass is 9.97. The van der Waals surface area contributed by atoms with Crippen molar-refractivity contribution in [3.05, 3.63) is 59.5 Å². The number of anilines is 1. The minimum absolute atomic E-state index is 0.0342. The van der Waals surface area contributed by atoms with Crippen molar-refractivity contribution in [3.63, 3.8) is 0 Å². The standard InChI is InChI=1S/C27H29N7O2/c1-17-14-34-25(29-26(17)32-15-18(13-28)24(35)16-32)12-21(30-34)23-7-3-4-10-33(23)27(36)20-6-5-8-22-19(20)9-11-31(22)2/h5-6,8-9,11-12,14,18,23-24,35H,3-4,7,10,15-16H2,1-2H3/t18-,23+,24+/m1/s1. The fraction of sp³-hybridized carbons (Fsp3) is 0.407. The molecule has 1 amide bonds. The number of piperidine rings is 1. The number of nitriles is 1. The Hall–Kier alpha value is -3.90. The SMILES string of the molecule is Cc1cn2nc([C@@H]3CCCCN3C(=O)c3cccc4c3ccn4C)cc2nc1N1C[C@@H](C#N)[C@@H](O)C1. The summed E-state index contributed by atoms with van der Waals surface area (Å²) in [7, 11) is 1.99. The van der Waals surface area contributed by atoms with E-state index in [4.69, 9.17) is 10.1 Å². The normalized spacial score (nSPS) is 22.4. The second-order valence-electron chi connectivity index (χ2n) is 10.0. The fourth-order valence-corrected chi connectivity index (χ4v) is 5.71. The van der Waals surface area contributed by atoms with Gasteiger partial charge >= 0.3 is 0 Å². The fourth-order valence-electron chi connectivity index (χ4n) is 5.71. The van der Waals surface area contributed by atoms with Gasteiger partial charge in [-0.25, -0.2) is 9.50 Å². The molecule has 0 bridgehead atoms. The van der Waals surface area contributed by atoms with Gasteiger partial charge in [-0.3, -0.25) is 4.79 Å². The molecular formula is C27H29N7O2. The van der Waals surface area contributed by atoms with Gasteiger partial charge in [0, 0.05) is 67.2 Å². The Labute approximate surface area is 209 Å². The lowest BCUT2D eigenvalue weighted by Gasteiger charge is -2.35. The number of benzene rings is 1. The lowest BCUT2D eigenvalue weighted by molar-refractivity contribution is 0.0608. The van der Waals surface area contributed by atoms with Crippen LogP contribution in [0, 0.1) is 24.2 Å². The van der Waals surface area contributed by atoms with E-state index in [0.717, 1.165) is 52.8 Å². The van der Waals surface area contributed by atoms with Crippen molar-refractivity contribution >= 4 is 28.3 Å². The molecule has 3 aromatic heterocycles. The van der Waals surface area contributed by atoms with Crippen LogP contribution >= 0.6 is 0 Å². The summed E-state index contributed by atoms with van der Waals surface area (Å²) in [6.45, 7) is 3.50. The minimum atomic E-state index is -0.677. The monoisotopic (exact) mass is 483 g/mol. The van der Waals surface area contributed by atoms with Crippen LogP contribution < -0.4 is 4.90 Å². The first-order valence-electron chi connectivity index (χ1n) is 12.5. The summed E-state index contributed by atoms with van der Waals surface area (Å²) in [6.07, 6.45) is 6.11. The van der Waals surface area contributed by atoms with Crippen LogP contribution in [0.5, 0.6) is 0 Å². The molecule has 1 aromatic carbocycles. The molecule has 2 fully saturated rings. The summed E-state index contributed by atoms with van der Waals surface area (Å²) in [6, 6.07) is 11.9. The van der Waals surface area contributed by atoms with E-state index >= 15 is 0 Å². The molecule has 184 valence electrons. The number of nitrogens with zero attached hydrogens (tertiary/aromatic N) is 7. The number of carbonyl (C=O) groups is 1. The summed E-state index contributed by atoms with van der Waals surface area (Å²) in [4.78, 5) is 22.6. The number of carbonyl (C=O) groups excluding carboxylic acids is 1. The number of aryl methyl sites for hydroxylation is 2. The van der Waals surface area contributed by atoms with Crippen molar-refractivity contribution in [3.8, 4) is 6.07 Å². The highest BCUT2D eigenvalue weighted by Crippen LogP contribution is 2.34. The maximum absolute atomic E-state index is 13.8. The number of β-amino-alcohol motifs (C(OH)–C–C–N with tert-alkyl or cyclic N) is 1. The van der Waals surface area contributed by atoms with Gasteiger partial charge in [0.05, 0.1) is 29.8 Å². The van der Waals surface area contributed by atoms with Gasteiger partial charge in [0.1, 0.15) is 5.82 Å². The molecule has 2 aliphatic heterocycles. The van der Waals surface area contributed by atoms with Crippen molar-refractivity contribution in [2.24, 2.45) is 13.0 Å². The van der Waals surface area contributed by atoms with Gasteiger partial charge in [-0.05, 0) is 44.4 Å². The number of likely N-dealkylation sites (tertiary alicyclic amines) is 1. The van der Waals surface area contributed by atoms with Gasteiger partial charge in [-0.1, -0.05) is 6.07 Å². The predicted molar refractivity (Wildman–Crippen MR) is 136 cm³/mol. The molecule has 2 saturated heterocycles. The van der Waals surface area contributed by atoms with E-state index in [0.29, 0.717) is 25.3 Å². The number of aromatic nitrogens is 4. The third kappa shape index (κ3) is 3.60. The number of rotatable bonds is 3. The molecule has 1 N–H and O–H groups in total.